The number of carbonyl (C=O) groups is 2. The molecular weight excluding hydrogens is 499 g/mol. The first kappa shape index (κ1) is 28.3. The Morgan fingerprint density at radius 1 is 1.08 bits per heavy atom. The molecule has 1 N–H and O–H groups in total. The molecule has 0 saturated carbocycles. The van der Waals surface area contributed by atoms with Crippen LogP contribution in [0.1, 0.15) is 43.2 Å². The number of nitrogens with zero attached hydrogens (tertiary/aromatic N) is 1. The number of carboxylic acids is 1. The third-order valence-electron chi connectivity index (χ3n) is 5.76. The van der Waals surface area contributed by atoms with Crippen molar-refractivity contribution in [3.05, 3.63) is 89.2 Å². The first-order valence-electron chi connectivity index (χ1n) is 11.8. The number of halogens is 3. The fraction of sp³-hybridized carbons (Fsp3) is 0.241. The van der Waals surface area contributed by atoms with E-state index in [0.29, 0.717) is 34.1 Å². The van der Waals surface area contributed by atoms with Crippen LogP contribution in [0.25, 0.3) is 16.6 Å². The Bertz CT molecular complexity index is 1430. The number of aromatic nitrogens is 1. The molecule has 0 bridgehead atoms. The minimum Gasteiger partial charge on any atom is -0.479 e. The van der Waals surface area contributed by atoms with Gasteiger partial charge in [-0.1, -0.05) is 41.5 Å². The summed E-state index contributed by atoms with van der Waals surface area (Å²) in [4.78, 5) is 22.6. The van der Waals surface area contributed by atoms with Crippen LogP contribution in [0.4, 0.5) is 13.2 Å². The quantitative estimate of drug-likeness (QED) is 0.340. The van der Waals surface area contributed by atoms with Crippen LogP contribution in [0.5, 0.6) is 11.5 Å². The minimum absolute atomic E-state index is 0.258. The highest BCUT2D eigenvalue weighted by molar-refractivity contribution is 6.00. The number of alkyl halides is 3. The van der Waals surface area contributed by atoms with E-state index in [2.05, 4.69) is 42.9 Å². The van der Waals surface area contributed by atoms with Gasteiger partial charge in [0.1, 0.15) is 11.5 Å². The minimum atomic E-state index is -4.85. The molecule has 3 aromatic rings. The van der Waals surface area contributed by atoms with Gasteiger partial charge in [-0.15, -0.1) is 13.2 Å². The van der Waals surface area contributed by atoms with Gasteiger partial charge in [-0.3, -0.25) is 4.79 Å². The maximum Gasteiger partial charge on any atom is 0.573 e. The second-order valence-corrected chi connectivity index (χ2v) is 8.80. The van der Waals surface area contributed by atoms with Crippen LogP contribution < -0.4 is 9.47 Å². The average molecular weight is 528 g/mol. The van der Waals surface area contributed by atoms with Crippen LogP contribution >= 0.6 is 0 Å². The lowest BCUT2D eigenvalue weighted by Gasteiger charge is -2.14. The Labute approximate surface area is 218 Å². The number of aliphatic carboxylic acids is 1. The normalized spacial score (nSPS) is 14.0. The second-order valence-electron chi connectivity index (χ2n) is 8.80. The van der Waals surface area contributed by atoms with Gasteiger partial charge in [0.25, 0.3) is 0 Å². The zero-order valence-corrected chi connectivity index (χ0v) is 21.4. The highest BCUT2D eigenvalue weighted by Gasteiger charge is 2.31. The molecule has 0 spiro atoms. The van der Waals surface area contributed by atoms with Gasteiger partial charge in [-0.25, -0.2) is 4.79 Å². The van der Waals surface area contributed by atoms with Crippen molar-refractivity contribution >= 4 is 23.2 Å². The van der Waals surface area contributed by atoms with Crippen LogP contribution in [0.3, 0.4) is 0 Å². The zero-order chi connectivity index (χ0) is 28.0. The first-order chi connectivity index (χ1) is 17.9. The van der Waals surface area contributed by atoms with E-state index in [1.807, 2.05) is 0 Å². The van der Waals surface area contributed by atoms with Gasteiger partial charge in [0.05, 0.1) is 5.52 Å². The molecule has 0 radical (unpaired) electrons. The van der Waals surface area contributed by atoms with Gasteiger partial charge in [0, 0.05) is 34.5 Å². The SMILES string of the molecule is CC1=CC=C(C)CC=C1.Cc1c(C=O)c2ccc(OC(F)(F)F)cc2n1-c1cccc(O[C@H](C)C(=O)O)c1. The Hall–Kier alpha value is -4.27. The Morgan fingerprint density at radius 2 is 1.82 bits per heavy atom. The topological polar surface area (TPSA) is 77.8 Å². The van der Waals surface area contributed by atoms with E-state index in [-0.39, 0.29) is 5.75 Å². The van der Waals surface area contributed by atoms with Crippen molar-refractivity contribution < 1.29 is 37.3 Å². The molecule has 0 saturated heterocycles. The van der Waals surface area contributed by atoms with Gasteiger partial charge in [0.2, 0.25) is 0 Å². The molecule has 6 nitrogen and oxygen atoms in total. The molecule has 4 rings (SSSR count). The summed E-state index contributed by atoms with van der Waals surface area (Å²) in [7, 11) is 0. The summed E-state index contributed by atoms with van der Waals surface area (Å²) in [6, 6.07) is 10.1. The number of hydrogen-bond donors (Lipinski definition) is 1. The molecule has 0 aliphatic heterocycles. The van der Waals surface area contributed by atoms with Crippen LogP contribution in [-0.4, -0.2) is 34.4 Å². The number of rotatable bonds is 6. The largest absolute Gasteiger partial charge is 0.573 e. The lowest BCUT2D eigenvalue weighted by molar-refractivity contribution is -0.274. The molecular formula is C29H28F3NO5. The van der Waals surface area contributed by atoms with Gasteiger partial charge in [-0.05, 0) is 58.4 Å². The molecule has 0 amide bonds. The van der Waals surface area contributed by atoms with Crippen LogP contribution in [0.2, 0.25) is 0 Å². The van der Waals surface area contributed by atoms with Gasteiger partial charge < -0.3 is 19.1 Å². The third kappa shape index (κ3) is 7.15. The molecule has 9 heteroatoms. The average Bonchev–Trinajstić information content (AvgIpc) is 2.97. The number of carbonyl (C=O) groups excluding carboxylic acids is 1. The summed E-state index contributed by atoms with van der Waals surface area (Å²) in [6.07, 6.45) is 4.48. The van der Waals surface area contributed by atoms with E-state index in [0.717, 1.165) is 12.5 Å². The lowest BCUT2D eigenvalue weighted by Crippen LogP contribution is -2.22. The van der Waals surface area contributed by atoms with E-state index in [1.165, 1.54) is 36.3 Å². The summed E-state index contributed by atoms with van der Waals surface area (Å²) in [5, 5.41) is 9.45. The van der Waals surface area contributed by atoms with E-state index < -0.39 is 24.2 Å². The van der Waals surface area contributed by atoms with E-state index in [1.54, 1.807) is 29.7 Å². The number of carboxylic acid groups (broad SMARTS) is 1. The maximum atomic E-state index is 12.6. The molecule has 1 heterocycles. The van der Waals surface area contributed by atoms with E-state index in [4.69, 9.17) is 9.84 Å². The lowest BCUT2D eigenvalue weighted by atomic mass is 10.1. The molecule has 0 fully saturated rings. The second kappa shape index (κ2) is 11.9. The van der Waals surface area contributed by atoms with Gasteiger partial charge in [0.15, 0.2) is 12.4 Å². The number of ether oxygens (including phenoxy) is 2. The van der Waals surface area contributed by atoms with Gasteiger partial charge >= 0.3 is 12.3 Å². The molecule has 2 aromatic carbocycles. The van der Waals surface area contributed by atoms with Crippen molar-refractivity contribution in [1.82, 2.24) is 4.57 Å². The highest BCUT2D eigenvalue weighted by Crippen LogP contribution is 2.33. The van der Waals surface area contributed by atoms with E-state index in [9.17, 15) is 22.8 Å². The van der Waals surface area contributed by atoms with Crippen molar-refractivity contribution in [3.8, 4) is 17.2 Å². The maximum absolute atomic E-state index is 12.6. The fourth-order valence-electron chi connectivity index (χ4n) is 3.88. The van der Waals surface area contributed by atoms with Crippen LogP contribution in [0.15, 0.2) is 77.9 Å². The Balaban J connectivity index is 0.000000375. The molecule has 1 aliphatic carbocycles. The number of benzene rings is 2. The standard InChI is InChI=1S/C20H16F3NO5.C9H12/c1-11-17(10-25)16-7-6-15(29-20(21,22)23)9-18(16)24(11)13-4-3-5-14(8-13)28-12(2)19(26)27;1-8-4-3-5-9(2)7-6-8/h3-10,12H,1-2H3,(H,26,27);3-4,6-7H,5H2,1-2H3/t12-;/m1./s1. The first-order valence-corrected chi connectivity index (χ1v) is 11.8. The molecule has 1 atom stereocenters. The summed E-state index contributed by atoms with van der Waals surface area (Å²) >= 11 is 0. The molecule has 0 unspecified atom stereocenters. The molecule has 200 valence electrons. The zero-order valence-electron chi connectivity index (χ0n) is 21.4. The Kier molecular flexibility index (Phi) is 8.83. The van der Waals surface area contributed by atoms with Crippen molar-refractivity contribution in [3.63, 3.8) is 0 Å². The summed E-state index contributed by atoms with van der Waals surface area (Å²) < 4.78 is 48.8. The monoisotopic (exact) mass is 527 g/mol. The van der Waals surface area contributed by atoms with Crippen molar-refractivity contribution in [2.24, 2.45) is 0 Å². The number of fused-ring (bicyclic) bond motifs is 1. The summed E-state index contributed by atoms with van der Waals surface area (Å²) in [5.41, 5.74) is 4.41. The molecule has 1 aliphatic rings. The molecule has 1 aromatic heterocycles. The van der Waals surface area contributed by atoms with Crippen molar-refractivity contribution in [1.29, 1.82) is 0 Å². The fourth-order valence-corrected chi connectivity index (χ4v) is 3.88. The number of hydrogen-bond acceptors (Lipinski definition) is 4. The molecule has 38 heavy (non-hydrogen) atoms. The van der Waals surface area contributed by atoms with Crippen LogP contribution in [-0.2, 0) is 4.79 Å². The number of allylic oxidation sites excluding steroid dienone is 6. The third-order valence-corrected chi connectivity index (χ3v) is 5.76. The van der Waals surface area contributed by atoms with Crippen LogP contribution in [0, 0.1) is 6.92 Å². The Morgan fingerprint density at radius 3 is 2.47 bits per heavy atom. The highest BCUT2D eigenvalue weighted by atomic mass is 19.4. The van der Waals surface area contributed by atoms with Gasteiger partial charge in [-0.2, -0.15) is 0 Å². The van der Waals surface area contributed by atoms with Crippen molar-refractivity contribution in [2.45, 2.75) is 46.6 Å². The summed E-state index contributed by atoms with van der Waals surface area (Å²) in [5.74, 6) is -1.31. The predicted octanol–water partition coefficient (Wildman–Crippen LogP) is 7.34. The number of aldehydes is 1. The smallest absolute Gasteiger partial charge is 0.479 e. The predicted molar refractivity (Wildman–Crippen MR) is 139 cm³/mol. The van der Waals surface area contributed by atoms with Crippen molar-refractivity contribution in [2.75, 3.05) is 0 Å². The van der Waals surface area contributed by atoms with E-state index >= 15 is 0 Å². The summed E-state index contributed by atoms with van der Waals surface area (Å²) in [6.45, 7) is 7.29.